The lowest BCUT2D eigenvalue weighted by Gasteiger charge is -2.20. The standard InChI is InChI=1S/C19H20O2/c20-18-11-14-6-2-3-7-15(14)17(18)12-21-19-10-9-13-5-1-4-8-16(13)19/h1-8,17-20H,9-12H2/t17?,18?,19-/m1/s1. The molecular formula is C19H20O2. The summed E-state index contributed by atoms with van der Waals surface area (Å²) >= 11 is 0. The minimum Gasteiger partial charge on any atom is -0.392 e. The predicted octanol–water partition coefficient (Wildman–Crippen LogP) is 3.39. The second-order valence-corrected chi connectivity index (χ2v) is 6.14. The summed E-state index contributed by atoms with van der Waals surface area (Å²) in [6.07, 6.45) is 2.81. The van der Waals surface area contributed by atoms with Crippen molar-refractivity contribution in [3.05, 3.63) is 70.8 Å². The summed E-state index contributed by atoms with van der Waals surface area (Å²) in [7, 11) is 0. The molecule has 2 aromatic carbocycles. The molecule has 21 heavy (non-hydrogen) atoms. The van der Waals surface area contributed by atoms with E-state index in [9.17, 15) is 5.11 Å². The number of fused-ring (bicyclic) bond motifs is 2. The molecule has 2 nitrogen and oxygen atoms in total. The predicted molar refractivity (Wildman–Crippen MR) is 82.3 cm³/mol. The van der Waals surface area contributed by atoms with E-state index in [2.05, 4.69) is 42.5 Å². The van der Waals surface area contributed by atoms with Crippen LogP contribution < -0.4 is 0 Å². The summed E-state index contributed by atoms with van der Waals surface area (Å²) in [5.41, 5.74) is 5.27. The molecule has 0 saturated heterocycles. The maximum Gasteiger partial charge on any atom is 0.0831 e. The zero-order valence-corrected chi connectivity index (χ0v) is 12.0. The molecule has 0 fully saturated rings. The second kappa shape index (κ2) is 5.28. The van der Waals surface area contributed by atoms with Crippen LogP contribution in [0, 0.1) is 0 Å². The molecule has 4 rings (SSSR count). The van der Waals surface area contributed by atoms with Gasteiger partial charge in [0.25, 0.3) is 0 Å². The molecule has 108 valence electrons. The summed E-state index contributed by atoms with van der Waals surface area (Å²) in [5.74, 6) is 0.119. The van der Waals surface area contributed by atoms with Crippen molar-refractivity contribution in [3.8, 4) is 0 Å². The summed E-state index contributed by atoms with van der Waals surface area (Å²) in [6.45, 7) is 0.608. The van der Waals surface area contributed by atoms with Crippen LogP contribution in [0.5, 0.6) is 0 Å². The van der Waals surface area contributed by atoms with Gasteiger partial charge in [-0.1, -0.05) is 48.5 Å². The van der Waals surface area contributed by atoms with Crippen LogP contribution in [0.25, 0.3) is 0 Å². The van der Waals surface area contributed by atoms with Crippen molar-refractivity contribution < 1.29 is 9.84 Å². The SMILES string of the molecule is OC1Cc2ccccc2C1CO[C@@H]1CCc2ccccc21. The Morgan fingerprint density at radius 3 is 2.52 bits per heavy atom. The largest absolute Gasteiger partial charge is 0.392 e. The van der Waals surface area contributed by atoms with Crippen LogP contribution in [-0.4, -0.2) is 17.8 Å². The molecule has 2 heteroatoms. The van der Waals surface area contributed by atoms with E-state index < -0.39 is 0 Å². The molecule has 2 aliphatic carbocycles. The van der Waals surface area contributed by atoms with E-state index in [0.29, 0.717) is 6.61 Å². The lowest BCUT2D eigenvalue weighted by atomic mass is 10.0. The molecule has 0 heterocycles. The number of hydrogen-bond acceptors (Lipinski definition) is 2. The van der Waals surface area contributed by atoms with Gasteiger partial charge in [-0.2, -0.15) is 0 Å². The zero-order chi connectivity index (χ0) is 14.2. The fourth-order valence-electron chi connectivity index (χ4n) is 3.77. The average Bonchev–Trinajstić information content (AvgIpc) is 3.06. The van der Waals surface area contributed by atoms with Crippen molar-refractivity contribution >= 4 is 0 Å². The van der Waals surface area contributed by atoms with Crippen LogP contribution in [0.4, 0.5) is 0 Å². The van der Waals surface area contributed by atoms with Gasteiger partial charge >= 0.3 is 0 Å². The quantitative estimate of drug-likeness (QED) is 0.934. The summed E-state index contributed by atoms with van der Waals surface area (Å²) < 4.78 is 6.18. The molecule has 1 N–H and O–H groups in total. The Hall–Kier alpha value is -1.64. The Morgan fingerprint density at radius 1 is 0.952 bits per heavy atom. The first-order chi connectivity index (χ1) is 10.3. The first-order valence-corrected chi connectivity index (χ1v) is 7.78. The first-order valence-electron chi connectivity index (χ1n) is 7.78. The molecule has 0 radical (unpaired) electrons. The lowest BCUT2D eigenvalue weighted by Crippen LogP contribution is -2.19. The van der Waals surface area contributed by atoms with E-state index in [1.165, 1.54) is 22.3 Å². The molecule has 0 amide bonds. The summed E-state index contributed by atoms with van der Waals surface area (Å²) in [5, 5.41) is 10.3. The highest BCUT2D eigenvalue weighted by atomic mass is 16.5. The fourth-order valence-corrected chi connectivity index (χ4v) is 3.77. The molecule has 2 aromatic rings. The van der Waals surface area contributed by atoms with Crippen LogP contribution in [-0.2, 0) is 17.6 Å². The van der Waals surface area contributed by atoms with E-state index >= 15 is 0 Å². The first kappa shape index (κ1) is 13.1. The van der Waals surface area contributed by atoms with E-state index in [0.717, 1.165) is 19.3 Å². The van der Waals surface area contributed by atoms with Crippen LogP contribution in [0.3, 0.4) is 0 Å². The number of benzene rings is 2. The van der Waals surface area contributed by atoms with Gasteiger partial charge in [-0.15, -0.1) is 0 Å². The van der Waals surface area contributed by atoms with Gasteiger partial charge in [0.2, 0.25) is 0 Å². The third-order valence-corrected chi connectivity index (χ3v) is 4.90. The third kappa shape index (κ3) is 2.29. The number of hydrogen-bond donors (Lipinski definition) is 1. The smallest absolute Gasteiger partial charge is 0.0831 e. The minimum atomic E-state index is -0.306. The van der Waals surface area contributed by atoms with Crippen molar-refractivity contribution in [1.82, 2.24) is 0 Å². The van der Waals surface area contributed by atoms with E-state index in [4.69, 9.17) is 4.74 Å². The van der Waals surface area contributed by atoms with Crippen molar-refractivity contribution in [2.45, 2.75) is 37.4 Å². The molecule has 0 spiro atoms. The normalized spacial score (nSPS) is 26.6. The van der Waals surface area contributed by atoms with E-state index in [1.807, 2.05) is 6.07 Å². The monoisotopic (exact) mass is 280 g/mol. The lowest BCUT2D eigenvalue weighted by molar-refractivity contribution is 0.0180. The Kier molecular flexibility index (Phi) is 3.28. The fraction of sp³-hybridized carbons (Fsp3) is 0.368. The highest BCUT2D eigenvalue weighted by Gasteiger charge is 2.32. The molecular weight excluding hydrogens is 260 g/mol. The molecule has 0 aromatic heterocycles. The highest BCUT2D eigenvalue weighted by Crippen LogP contribution is 2.38. The number of rotatable bonds is 3. The second-order valence-electron chi connectivity index (χ2n) is 6.14. The Bertz CT molecular complexity index is 650. The number of ether oxygens (including phenoxy) is 1. The Morgan fingerprint density at radius 2 is 1.67 bits per heavy atom. The van der Waals surface area contributed by atoms with Crippen LogP contribution in [0.1, 0.15) is 40.7 Å². The number of aryl methyl sites for hydroxylation is 1. The van der Waals surface area contributed by atoms with Crippen LogP contribution >= 0.6 is 0 Å². The average molecular weight is 280 g/mol. The highest BCUT2D eigenvalue weighted by molar-refractivity contribution is 5.37. The summed E-state index contributed by atoms with van der Waals surface area (Å²) in [6, 6.07) is 16.9. The van der Waals surface area contributed by atoms with Crippen LogP contribution in [0.15, 0.2) is 48.5 Å². The molecule has 2 aliphatic rings. The van der Waals surface area contributed by atoms with Gasteiger partial charge < -0.3 is 9.84 Å². The Labute approximate surface area is 125 Å². The topological polar surface area (TPSA) is 29.5 Å². The zero-order valence-electron chi connectivity index (χ0n) is 12.0. The third-order valence-electron chi connectivity index (χ3n) is 4.90. The van der Waals surface area contributed by atoms with Crippen LogP contribution in [0.2, 0.25) is 0 Å². The van der Waals surface area contributed by atoms with Crippen molar-refractivity contribution in [3.63, 3.8) is 0 Å². The van der Waals surface area contributed by atoms with Crippen molar-refractivity contribution in [2.75, 3.05) is 6.61 Å². The number of aliphatic hydroxyl groups is 1. The molecule has 2 unspecified atom stereocenters. The molecule has 0 aliphatic heterocycles. The Balaban J connectivity index is 1.49. The van der Waals surface area contributed by atoms with Gasteiger partial charge in [-0.3, -0.25) is 0 Å². The van der Waals surface area contributed by atoms with Gasteiger partial charge in [-0.05, 0) is 41.5 Å². The van der Waals surface area contributed by atoms with Crippen molar-refractivity contribution in [2.24, 2.45) is 0 Å². The minimum absolute atomic E-state index is 0.119. The molecule has 0 bridgehead atoms. The van der Waals surface area contributed by atoms with Gasteiger partial charge in [0.1, 0.15) is 0 Å². The summed E-state index contributed by atoms with van der Waals surface area (Å²) in [4.78, 5) is 0. The molecule has 3 atom stereocenters. The van der Waals surface area contributed by atoms with Gasteiger partial charge in [0, 0.05) is 5.92 Å². The maximum atomic E-state index is 10.3. The van der Waals surface area contributed by atoms with Gasteiger partial charge in [0.15, 0.2) is 0 Å². The van der Waals surface area contributed by atoms with Crippen molar-refractivity contribution in [1.29, 1.82) is 0 Å². The van der Waals surface area contributed by atoms with Gasteiger partial charge in [0.05, 0.1) is 18.8 Å². The number of aliphatic hydroxyl groups excluding tert-OH is 1. The maximum absolute atomic E-state index is 10.3. The molecule has 0 saturated carbocycles. The van der Waals surface area contributed by atoms with E-state index in [-0.39, 0.29) is 18.1 Å². The van der Waals surface area contributed by atoms with E-state index in [1.54, 1.807) is 0 Å². The van der Waals surface area contributed by atoms with Gasteiger partial charge in [-0.25, -0.2) is 0 Å².